The molecule has 21 heavy (non-hydrogen) atoms. The van der Waals surface area contributed by atoms with Crippen LogP contribution in [0.5, 0.6) is 0 Å². The van der Waals surface area contributed by atoms with Gasteiger partial charge in [-0.3, -0.25) is 0 Å². The van der Waals surface area contributed by atoms with Crippen LogP contribution in [0, 0.1) is 0 Å². The van der Waals surface area contributed by atoms with Gasteiger partial charge in [0.15, 0.2) is 11.3 Å². The molecule has 0 aliphatic carbocycles. The molecular formula is C14H10F3N3O. The third-order valence-electron chi connectivity index (χ3n) is 3.08. The molecule has 0 atom stereocenters. The fourth-order valence-corrected chi connectivity index (χ4v) is 2.04. The van der Waals surface area contributed by atoms with Gasteiger partial charge in [0.05, 0.1) is 18.5 Å². The zero-order valence-corrected chi connectivity index (χ0v) is 10.7. The lowest BCUT2D eigenvalue weighted by Gasteiger charge is -2.11. The van der Waals surface area contributed by atoms with Crippen molar-refractivity contribution in [3.05, 3.63) is 53.9 Å². The fourth-order valence-electron chi connectivity index (χ4n) is 2.04. The summed E-state index contributed by atoms with van der Waals surface area (Å²) >= 11 is 0. The largest absolute Gasteiger partial charge is 0.433 e. The maximum atomic E-state index is 13.1. The van der Waals surface area contributed by atoms with Crippen molar-refractivity contribution < 1.29 is 18.3 Å². The van der Waals surface area contributed by atoms with Crippen molar-refractivity contribution in [1.29, 1.82) is 0 Å². The Morgan fingerprint density at radius 1 is 1.10 bits per heavy atom. The van der Waals surface area contributed by atoms with E-state index in [0.29, 0.717) is 11.1 Å². The highest BCUT2D eigenvalue weighted by molar-refractivity contribution is 5.63. The topological polar surface area (TPSA) is 50.4 Å². The molecule has 108 valence electrons. The smallest absolute Gasteiger partial charge is 0.392 e. The van der Waals surface area contributed by atoms with Gasteiger partial charge in [-0.05, 0) is 11.6 Å². The molecule has 7 heteroatoms. The van der Waals surface area contributed by atoms with Crippen molar-refractivity contribution in [2.75, 3.05) is 0 Å². The summed E-state index contributed by atoms with van der Waals surface area (Å²) in [5, 5.41) is 12.6. The standard InChI is InChI=1S/C14H10F3N3O/c15-14(16,17)12-7-11(19-13-5-6-18-20(12)13)10-3-1-9(8-21)2-4-10/h1-7,21H,8H2. The van der Waals surface area contributed by atoms with Crippen LogP contribution >= 0.6 is 0 Å². The molecule has 0 saturated heterocycles. The molecule has 0 unspecified atom stereocenters. The maximum Gasteiger partial charge on any atom is 0.433 e. The first-order valence-electron chi connectivity index (χ1n) is 6.11. The van der Waals surface area contributed by atoms with Gasteiger partial charge in [0.25, 0.3) is 0 Å². The fraction of sp³-hybridized carbons (Fsp3) is 0.143. The summed E-state index contributed by atoms with van der Waals surface area (Å²) in [6, 6.07) is 8.92. The molecule has 4 nitrogen and oxygen atoms in total. The molecule has 0 fully saturated rings. The Hall–Kier alpha value is -2.41. The van der Waals surface area contributed by atoms with E-state index >= 15 is 0 Å². The van der Waals surface area contributed by atoms with Gasteiger partial charge in [-0.25, -0.2) is 9.50 Å². The summed E-state index contributed by atoms with van der Waals surface area (Å²) in [5.74, 6) is 0. The minimum atomic E-state index is -4.52. The van der Waals surface area contributed by atoms with Crippen molar-refractivity contribution in [2.45, 2.75) is 12.8 Å². The zero-order valence-electron chi connectivity index (χ0n) is 10.7. The van der Waals surface area contributed by atoms with Gasteiger partial charge in [0.2, 0.25) is 0 Å². The number of alkyl halides is 3. The summed E-state index contributed by atoms with van der Waals surface area (Å²) in [6.45, 7) is -0.122. The van der Waals surface area contributed by atoms with E-state index in [9.17, 15) is 13.2 Å². The average Bonchev–Trinajstić information content (AvgIpc) is 2.93. The lowest BCUT2D eigenvalue weighted by atomic mass is 10.1. The number of hydrogen-bond acceptors (Lipinski definition) is 3. The van der Waals surface area contributed by atoms with Gasteiger partial charge >= 0.3 is 6.18 Å². The Morgan fingerprint density at radius 2 is 1.81 bits per heavy atom. The van der Waals surface area contributed by atoms with Crippen LogP contribution in [0.4, 0.5) is 13.2 Å². The lowest BCUT2D eigenvalue weighted by Crippen LogP contribution is -2.13. The average molecular weight is 293 g/mol. The zero-order chi connectivity index (χ0) is 15.0. The summed E-state index contributed by atoms with van der Waals surface area (Å²) in [6.07, 6.45) is -3.25. The van der Waals surface area contributed by atoms with E-state index in [0.717, 1.165) is 10.6 Å². The van der Waals surface area contributed by atoms with Gasteiger partial charge in [0, 0.05) is 11.6 Å². The number of aliphatic hydroxyl groups excluding tert-OH is 1. The molecule has 0 aliphatic heterocycles. The number of aromatic nitrogens is 3. The van der Waals surface area contributed by atoms with Crippen LogP contribution < -0.4 is 0 Å². The molecule has 0 aliphatic rings. The Balaban J connectivity index is 2.18. The van der Waals surface area contributed by atoms with Crippen molar-refractivity contribution in [2.24, 2.45) is 0 Å². The number of benzene rings is 1. The number of nitrogens with zero attached hydrogens (tertiary/aromatic N) is 3. The Morgan fingerprint density at radius 3 is 2.43 bits per heavy atom. The summed E-state index contributed by atoms with van der Waals surface area (Å²) in [7, 11) is 0. The van der Waals surface area contributed by atoms with Crippen molar-refractivity contribution in [1.82, 2.24) is 14.6 Å². The number of rotatable bonds is 2. The Labute approximate surface area is 117 Å². The summed E-state index contributed by atoms with van der Waals surface area (Å²) < 4.78 is 40.0. The second-order valence-corrected chi connectivity index (χ2v) is 4.48. The van der Waals surface area contributed by atoms with Gasteiger partial charge in [-0.15, -0.1) is 0 Å². The minimum absolute atomic E-state index is 0.122. The molecular weight excluding hydrogens is 283 g/mol. The van der Waals surface area contributed by atoms with E-state index in [1.54, 1.807) is 24.3 Å². The molecule has 0 spiro atoms. The Kier molecular flexibility index (Phi) is 3.13. The van der Waals surface area contributed by atoms with Crippen LogP contribution in [-0.2, 0) is 12.8 Å². The predicted molar refractivity (Wildman–Crippen MR) is 69.3 cm³/mol. The molecule has 2 heterocycles. The third kappa shape index (κ3) is 2.47. The number of fused-ring (bicyclic) bond motifs is 1. The van der Waals surface area contributed by atoms with E-state index < -0.39 is 11.9 Å². The predicted octanol–water partition coefficient (Wildman–Crippen LogP) is 2.91. The molecule has 3 aromatic rings. The van der Waals surface area contributed by atoms with Crippen LogP contribution in [0.3, 0.4) is 0 Å². The second-order valence-electron chi connectivity index (χ2n) is 4.48. The van der Waals surface area contributed by atoms with Gasteiger partial charge in [-0.2, -0.15) is 18.3 Å². The van der Waals surface area contributed by atoms with Crippen molar-refractivity contribution in [3.63, 3.8) is 0 Å². The van der Waals surface area contributed by atoms with E-state index in [1.165, 1.54) is 12.3 Å². The van der Waals surface area contributed by atoms with E-state index in [4.69, 9.17) is 5.11 Å². The van der Waals surface area contributed by atoms with E-state index in [-0.39, 0.29) is 17.9 Å². The van der Waals surface area contributed by atoms with Crippen molar-refractivity contribution >= 4 is 5.65 Å². The van der Waals surface area contributed by atoms with E-state index in [2.05, 4.69) is 10.1 Å². The Bertz CT molecular complexity index is 778. The first-order chi connectivity index (χ1) is 9.99. The van der Waals surface area contributed by atoms with Gasteiger partial charge < -0.3 is 5.11 Å². The van der Waals surface area contributed by atoms with Gasteiger partial charge in [0.1, 0.15) is 0 Å². The lowest BCUT2D eigenvalue weighted by molar-refractivity contribution is -0.142. The highest BCUT2D eigenvalue weighted by Crippen LogP contribution is 2.31. The van der Waals surface area contributed by atoms with Crippen LogP contribution in [0.2, 0.25) is 0 Å². The molecule has 3 rings (SSSR count). The molecule has 1 aromatic carbocycles. The molecule has 0 amide bonds. The first kappa shape index (κ1) is 13.6. The number of halogens is 3. The highest BCUT2D eigenvalue weighted by Gasteiger charge is 2.35. The van der Waals surface area contributed by atoms with Gasteiger partial charge in [-0.1, -0.05) is 24.3 Å². The van der Waals surface area contributed by atoms with E-state index in [1.807, 2.05) is 0 Å². The maximum absolute atomic E-state index is 13.1. The SMILES string of the molecule is OCc1ccc(-c2cc(C(F)(F)F)n3nccc3n2)cc1. The quantitative estimate of drug-likeness (QED) is 0.790. The van der Waals surface area contributed by atoms with Crippen molar-refractivity contribution in [3.8, 4) is 11.3 Å². The van der Waals surface area contributed by atoms with Crippen LogP contribution in [0.25, 0.3) is 16.9 Å². The normalized spacial score (nSPS) is 12.0. The number of hydrogen-bond donors (Lipinski definition) is 1. The first-order valence-corrected chi connectivity index (χ1v) is 6.11. The highest BCUT2D eigenvalue weighted by atomic mass is 19.4. The number of aliphatic hydroxyl groups is 1. The van der Waals surface area contributed by atoms with Crippen LogP contribution in [-0.4, -0.2) is 19.7 Å². The molecule has 0 bridgehead atoms. The van der Waals surface area contributed by atoms with Crippen LogP contribution in [0.1, 0.15) is 11.3 Å². The molecule has 1 N–H and O–H groups in total. The molecule has 0 radical (unpaired) electrons. The second kappa shape index (κ2) is 4.85. The molecule has 0 saturated carbocycles. The minimum Gasteiger partial charge on any atom is -0.392 e. The third-order valence-corrected chi connectivity index (χ3v) is 3.08. The monoisotopic (exact) mass is 293 g/mol. The summed E-state index contributed by atoms with van der Waals surface area (Å²) in [5.41, 5.74) is 0.686. The summed E-state index contributed by atoms with van der Waals surface area (Å²) in [4.78, 5) is 4.17. The van der Waals surface area contributed by atoms with Crippen LogP contribution in [0.15, 0.2) is 42.6 Å². The molecule has 2 aromatic heterocycles.